The Morgan fingerprint density at radius 3 is 2.83 bits per heavy atom. The number of aromatic amines is 1. The number of nitrogens with zero attached hydrogens (tertiary/aromatic N) is 2. The molecular weight excluding hydrogens is 230 g/mol. The largest absolute Gasteiger partial charge is 0.480 e. The van der Waals surface area contributed by atoms with Crippen LogP contribution in [0.5, 0.6) is 0 Å². The molecule has 0 amide bonds. The van der Waals surface area contributed by atoms with Gasteiger partial charge in [0.05, 0.1) is 6.33 Å². The summed E-state index contributed by atoms with van der Waals surface area (Å²) in [5.74, 6) is -0.947. The standard InChI is InChI=1S/C13H13N3O2/c17-13(18)12(6-11-8-14-9-16-11)15-7-10-4-2-1-3-5-10/h1-5,7-9,12H,6H2,(H,14,16)(H,17,18). The first kappa shape index (κ1) is 12.0. The molecule has 2 N–H and O–H groups in total. The first-order valence-corrected chi connectivity index (χ1v) is 5.54. The molecule has 1 atom stereocenters. The quantitative estimate of drug-likeness (QED) is 0.781. The van der Waals surface area contributed by atoms with Crippen LogP contribution in [0.4, 0.5) is 0 Å². The van der Waals surface area contributed by atoms with E-state index in [1.54, 1.807) is 12.4 Å². The van der Waals surface area contributed by atoms with Crippen LogP contribution in [0, 0.1) is 0 Å². The summed E-state index contributed by atoms with van der Waals surface area (Å²) in [6.07, 6.45) is 5.01. The molecule has 2 rings (SSSR count). The molecule has 92 valence electrons. The van der Waals surface area contributed by atoms with Gasteiger partial charge in [-0.25, -0.2) is 9.78 Å². The van der Waals surface area contributed by atoms with Crippen molar-refractivity contribution in [2.45, 2.75) is 12.5 Å². The van der Waals surface area contributed by atoms with Crippen LogP contribution < -0.4 is 0 Å². The van der Waals surface area contributed by atoms with Crippen molar-refractivity contribution in [3.8, 4) is 0 Å². The Morgan fingerprint density at radius 2 is 2.22 bits per heavy atom. The van der Waals surface area contributed by atoms with Gasteiger partial charge in [-0.1, -0.05) is 30.3 Å². The van der Waals surface area contributed by atoms with Gasteiger partial charge in [0.2, 0.25) is 0 Å². The van der Waals surface area contributed by atoms with Gasteiger partial charge in [-0.2, -0.15) is 0 Å². The Labute approximate surface area is 104 Å². The van der Waals surface area contributed by atoms with Crippen LogP contribution in [0.3, 0.4) is 0 Å². The number of aromatic nitrogens is 2. The van der Waals surface area contributed by atoms with Gasteiger partial charge in [-0.3, -0.25) is 4.99 Å². The lowest BCUT2D eigenvalue weighted by molar-refractivity contribution is -0.138. The number of carboxylic acids is 1. The number of imidazole rings is 1. The Kier molecular flexibility index (Phi) is 3.86. The third kappa shape index (κ3) is 3.28. The van der Waals surface area contributed by atoms with Gasteiger partial charge in [0.15, 0.2) is 6.04 Å². The maximum Gasteiger partial charge on any atom is 0.328 e. The molecule has 1 aromatic carbocycles. The van der Waals surface area contributed by atoms with Gasteiger partial charge in [-0.15, -0.1) is 0 Å². The molecule has 0 fully saturated rings. The number of carboxylic acid groups (broad SMARTS) is 1. The van der Waals surface area contributed by atoms with E-state index in [4.69, 9.17) is 5.11 Å². The average Bonchev–Trinajstić information content (AvgIpc) is 2.88. The molecule has 0 aliphatic rings. The molecule has 0 aliphatic heterocycles. The molecule has 5 nitrogen and oxygen atoms in total. The number of aliphatic carboxylic acids is 1. The zero-order valence-corrected chi connectivity index (χ0v) is 9.65. The smallest absolute Gasteiger partial charge is 0.328 e. The molecule has 0 saturated heterocycles. The molecule has 0 bridgehead atoms. The number of hydrogen-bond acceptors (Lipinski definition) is 3. The fourth-order valence-electron chi connectivity index (χ4n) is 1.52. The van der Waals surface area contributed by atoms with Crippen molar-refractivity contribution >= 4 is 12.2 Å². The van der Waals surface area contributed by atoms with Crippen molar-refractivity contribution in [2.75, 3.05) is 0 Å². The number of carbonyl (C=O) groups is 1. The predicted octanol–water partition coefficient (Wildman–Crippen LogP) is 1.52. The van der Waals surface area contributed by atoms with E-state index in [9.17, 15) is 4.79 Å². The van der Waals surface area contributed by atoms with E-state index in [1.165, 1.54) is 6.33 Å². The highest BCUT2D eigenvalue weighted by Gasteiger charge is 2.16. The molecule has 0 saturated carbocycles. The zero-order chi connectivity index (χ0) is 12.8. The minimum absolute atomic E-state index is 0.304. The third-order valence-electron chi connectivity index (χ3n) is 2.46. The Morgan fingerprint density at radius 1 is 1.44 bits per heavy atom. The molecule has 1 heterocycles. The molecule has 5 heteroatoms. The number of H-pyrrole nitrogens is 1. The van der Waals surface area contributed by atoms with Crippen LogP contribution in [0.1, 0.15) is 11.3 Å². The van der Waals surface area contributed by atoms with E-state index >= 15 is 0 Å². The summed E-state index contributed by atoms with van der Waals surface area (Å²) in [6.45, 7) is 0. The van der Waals surface area contributed by atoms with Crippen LogP contribution in [-0.4, -0.2) is 33.3 Å². The second-order valence-corrected chi connectivity index (χ2v) is 3.82. The van der Waals surface area contributed by atoms with Crippen molar-refractivity contribution in [1.29, 1.82) is 0 Å². The fourth-order valence-corrected chi connectivity index (χ4v) is 1.52. The van der Waals surface area contributed by atoms with E-state index in [1.807, 2.05) is 30.3 Å². The Hall–Kier alpha value is -2.43. The van der Waals surface area contributed by atoms with Crippen molar-refractivity contribution in [3.63, 3.8) is 0 Å². The molecule has 1 unspecified atom stereocenters. The number of benzene rings is 1. The maximum absolute atomic E-state index is 11.1. The van der Waals surface area contributed by atoms with Gasteiger partial charge in [0.25, 0.3) is 0 Å². The summed E-state index contributed by atoms with van der Waals surface area (Å²) in [4.78, 5) is 21.9. The maximum atomic E-state index is 11.1. The van der Waals surface area contributed by atoms with Gasteiger partial charge < -0.3 is 10.1 Å². The number of hydrogen-bond donors (Lipinski definition) is 2. The van der Waals surface area contributed by atoms with Crippen molar-refractivity contribution in [1.82, 2.24) is 9.97 Å². The van der Waals surface area contributed by atoms with E-state index in [0.29, 0.717) is 6.42 Å². The van der Waals surface area contributed by atoms with Crippen LogP contribution in [-0.2, 0) is 11.2 Å². The van der Waals surface area contributed by atoms with Gasteiger partial charge in [0, 0.05) is 24.5 Å². The highest BCUT2D eigenvalue weighted by molar-refractivity contribution is 5.83. The average molecular weight is 243 g/mol. The molecule has 2 aromatic rings. The normalized spacial score (nSPS) is 12.7. The molecule has 1 aromatic heterocycles. The van der Waals surface area contributed by atoms with Crippen molar-refractivity contribution in [3.05, 3.63) is 54.1 Å². The van der Waals surface area contributed by atoms with E-state index in [0.717, 1.165) is 11.3 Å². The minimum Gasteiger partial charge on any atom is -0.480 e. The SMILES string of the molecule is O=C(O)C(Cc1cnc[nH]1)N=Cc1ccccc1. The second kappa shape index (κ2) is 5.77. The van der Waals surface area contributed by atoms with Crippen LogP contribution in [0.15, 0.2) is 47.8 Å². The first-order valence-electron chi connectivity index (χ1n) is 5.54. The lowest BCUT2D eigenvalue weighted by Crippen LogP contribution is -2.21. The lowest BCUT2D eigenvalue weighted by Gasteiger charge is -2.05. The predicted molar refractivity (Wildman–Crippen MR) is 67.8 cm³/mol. The molecule has 0 spiro atoms. The highest BCUT2D eigenvalue weighted by Crippen LogP contribution is 2.03. The topological polar surface area (TPSA) is 78.3 Å². The summed E-state index contributed by atoms with van der Waals surface area (Å²) >= 11 is 0. The van der Waals surface area contributed by atoms with Crippen LogP contribution >= 0.6 is 0 Å². The highest BCUT2D eigenvalue weighted by atomic mass is 16.4. The number of aliphatic imine (C=N–C) groups is 1. The third-order valence-corrected chi connectivity index (χ3v) is 2.46. The van der Waals surface area contributed by atoms with Gasteiger partial charge in [0.1, 0.15) is 0 Å². The van der Waals surface area contributed by atoms with E-state index in [2.05, 4.69) is 15.0 Å². The fraction of sp³-hybridized carbons (Fsp3) is 0.154. The summed E-state index contributed by atoms with van der Waals surface area (Å²) in [5.41, 5.74) is 1.64. The molecular formula is C13H13N3O2. The monoisotopic (exact) mass is 243 g/mol. The molecule has 18 heavy (non-hydrogen) atoms. The molecule has 0 radical (unpaired) electrons. The Bertz CT molecular complexity index is 520. The van der Waals surface area contributed by atoms with Gasteiger partial charge >= 0.3 is 5.97 Å². The van der Waals surface area contributed by atoms with Crippen molar-refractivity contribution in [2.24, 2.45) is 4.99 Å². The Balaban J connectivity index is 2.07. The first-order chi connectivity index (χ1) is 8.75. The second-order valence-electron chi connectivity index (χ2n) is 3.82. The summed E-state index contributed by atoms with van der Waals surface area (Å²) in [6, 6.07) is 8.61. The van der Waals surface area contributed by atoms with E-state index < -0.39 is 12.0 Å². The summed E-state index contributed by atoms with van der Waals surface area (Å²) in [5, 5.41) is 9.10. The number of nitrogens with one attached hydrogen (secondary N) is 1. The minimum atomic E-state index is -0.947. The van der Waals surface area contributed by atoms with Gasteiger partial charge in [-0.05, 0) is 5.56 Å². The summed E-state index contributed by atoms with van der Waals surface area (Å²) < 4.78 is 0. The van der Waals surface area contributed by atoms with Crippen molar-refractivity contribution < 1.29 is 9.90 Å². The summed E-state index contributed by atoms with van der Waals surface area (Å²) in [7, 11) is 0. The van der Waals surface area contributed by atoms with Crippen LogP contribution in [0.25, 0.3) is 0 Å². The zero-order valence-electron chi connectivity index (χ0n) is 9.65. The number of rotatable bonds is 5. The molecule has 0 aliphatic carbocycles. The van der Waals surface area contributed by atoms with Crippen LogP contribution in [0.2, 0.25) is 0 Å². The lowest BCUT2D eigenvalue weighted by atomic mass is 10.1. The van der Waals surface area contributed by atoms with E-state index in [-0.39, 0.29) is 0 Å².